The minimum absolute atomic E-state index is 0.0427. The van der Waals surface area contributed by atoms with Crippen LogP contribution in [0.3, 0.4) is 0 Å². The lowest BCUT2D eigenvalue weighted by Gasteiger charge is -2.10. The Bertz CT molecular complexity index is 716. The van der Waals surface area contributed by atoms with E-state index >= 15 is 0 Å². The average Bonchev–Trinajstić information content (AvgIpc) is 2.41. The topological polar surface area (TPSA) is 49.3 Å². The molecule has 0 saturated carbocycles. The molecular weight excluding hydrogens is 329 g/mol. The summed E-state index contributed by atoms with van der Waals surface area (Å²) in [5.41, 5.74) is -1.67. The molecule has 0 aliphatic rings. The standard InChI is InChI=1S/C13H8F5NO2S/c14-10-6-12(19-22(20)21)11(15)5-9(10)7-1-3-8(4-2-7)13(16,17)18/h1-6,19H,(H,20,21). The smallest absolute Gasteiger partial charge is 0.289 e. The molecule has 0 aromatic heterocycles. The van der Waals surface area contributed by atoms with E-state index in [1.54, 1.807) is 4.72 Å². The van der Waals surface area contributed by atoms with Crippen molar-refractivity contribution in [2.45, 2.75) is 6.18 Å². The van der Waals surface area contributed by atoms with Gasteiger partial charge in [0.25, 0.3) is 11.3 Å². The molecule has 1 atom stereocenters. The molecule has 3 nitrogen and oxygen atoms in total. The molecule has 0 aliphatic carbocycles. The fraction of sp³-hybridized carbons (Fsp3) is 0.0769. The minimum Gasteiger partial charge on any atom is -0.289 e. The van der Waals surface area contributed by atoms with Crippen molar-refractivity contribution in [3.8, 4) is 11.1 Å². The van der Waals surface area contributed by atoms with E-state index in [9.17, 15) is 26.2 Å². The zero-order valence-electron chi connectivity index (χ0n) is 10.6. The van der Waals surface area contributed by atoms with Gasteiger partial charge in [-0.05, 0) is 23.8 Å². The van der Waals surface area contributed by atoms with Gasteiger partial charge in [-0.25, -0.2) is 13.0 Å². The van der Waals surface area contributed by atoms with Crippen LogP contribution in [0.2, 0.25) is 0 Å². The van der Waals surface area contributed by atoms with Crippen LogP contribution in [0, 0.1) is 11.6 Å². The van der Waals surface area contributed by atoms with Gasteiger partial charge >= 0.3 is 6.18 Å². The summed E-state index contributed by atoms with van der Waals surface area (Å²) in [6.45, 7) is 0. The van der Waals surface area contributed by atoms with E-state index in [1.807, 2.05) is 0 Å². The Morgan fingerprint density at radius 3 is 2.09 bits per heavy atom. The Hall–Kier alpha value is -2.00. The highest BCUT2D eigenvalue weighted by atomic mass is 32.2. The second-order valence-electron chi connectivity index (χ2n) is 4.24. The molecule has 0 amide bonds. The van der Waals surface area contributed by atoms with Gasteiger partial charge in [0.15, 0.2) is 0 Å². The molecule has 0 fully saturated rings. The maximum Gasteiger partial charge on any atom is 0.416 e. The van der Waals surface area contributed by atoms with Crippen LogP contribution >= 0.6 is 0 Å². The molecule has 0 radical (unpaired) electrons. The van der Waals surface area contributed by atoms with Crippen molar-refractivity contribution in [1.29, 1.82) is 0 Å². The first-order chi connectivity index (χ1) is 10.2. The quantitative estimate of drug-likeness (QED) is 0.651. The van der Waals surface area contributed by atoms with Crippen molar-refractivity contribution >= 4 is 17.0 Å². The summed E-state index contributed by atoms with van der Waals surface area (Å²) >= 11 is -2.58. The highest BCUT2D eigenvalue weighted by molar-refractivity contribution is 7.80. The van der Waals surface area contributed by atoms with E-state index in [-0.39, 0.29) is 11.1 Å². The van der Waals surface area contributed by atoms with Crippen molar-refractivity contribution in [3.05, 3.63) is 53.6 Å². The van der Waals surface area contributed by atoms with Gasteiger partial charge in [0.05, 0.1) is 11.3 Å². The number of alkyl halides is 3. The van der Waals surface area contributed by atoms with E-state index < -0.39 is 40.3 Å². The number of hydrogen-bond donors (Lipinski definition) is 2. The fourth-order valence-electron chi connectivity index (χ4n) is 1.78. The predicted molar refractivity (Wildman–Crippen MR) is 71.2 cm³/mol. The average molecular weight is 337 g/mol. The number of hydrogen-bond acceptors (Lipinski definition) is 1. The first-order valence-electron chi connectivity index (χ1n) is 5.72. The normalized spacial score (nSPS) is 13.0. The van der Waals surface area contributed by atoms with E-state index in [4.69, 9.17) is 4.55 Å². The maximum absolute atomic E-state index is 13.9. The molecule has 22 heavy (non-hydrogen) atoms. The molecule has 1 unspecified atom stereocenters. The molecule has 0 saturated heterocycles. The van der Waals surface area contributed by atoms with Gasteiger partial charge in [0, 0.05) is 11.6 Å². The Labute approximate surface area is 124 Å². The lowest BCUT2D eigenvalue weighted by molar-refractivity contribution is -0.137. The first-order valence-corrected chi connectivity index (χ1v) is 6.83. The third-order valence-corrected chi connectivity index (χ3v) is 3.17. The molecule has 2 aromatic rings. The molecule has 9 heteroatoms. The summed E-state index contributed by atoms with van der Waals surface area (Å²) in [6.07, 6.45) is -4.53. The van der Waals surface area contributed by atoms with Gasteiger partial charge in [-0.15, -0.1) is 0 Å². The minimum atomic E-state index is -4.53. The molecule has 2 aromatic carbocycles. The van der Waals surface area contributed by atoms with Crippen LogP contribution in [0.5, 0.6) is 0 Å². The van der Waals surface area contributed by atoms with E-state index in [1.165, 1.54) is 0 Å². The maximum atomic E-state index is 13.9. The summed E-state index contributed by atoms with van der Waals surface area (Å²) < 4.78 is 85.8. The Morgan fingerprint density at radius 1 is 1.00 bits per heavy atom. The zero-order valence-corrected chi connectivity index (χ0v) is 11.4. The molecule has 2 rings (SSSR count). The van der Waals surface area contributed by atoms with Gasteiger partial charge in [0.1, 0.15) is 11.6 Å². The highest BCUT2D eigenvalue weighted by Gasteiger charge is 2.30. The van der Waals surface area contributed by atoms with Crippen LogP contribution in [0.25, 0.3) is 11.1 Å². The lowest BCUT2D eigenvalue weighted by Crippen LogP contribution is -2.05. The molecule has 118 valence electrons. The Morgan fingerprint density at radius 2 is 1.59 bits per heavy atom. The second kappa shape index (κ2) is 6.01. The second-order valence-corrected chi connectivity index (χ2v) is 4.94. The monoisotopic (exact) mass is 337 g/mol. The van der Waals surface area contributed by atoms with E-state index in [0.29, 0.717) is 6.07 Å². The van der Waals surface area contributed by atoms with Crippen molar-refractivity contribution in [3.63, 3.8) is 0 Å². The first kappa shape index (κ1) is 16.4. The zero-order chi connectivity index (χ0) is 16.5. The fourth-order valence-corrected chi connectivity index (χ4v) is 2.12. The lowest BCUT2D eigenvalue weighted by atomic mass is 10.0. The van der Waals surface area contributed by atoms with Crippen molar-refractivity contribution in [1.82, 2.24) is 0 Å². The molecule has 0 aliphatic heterocycles. The van der Waals surface area contributed by atoms with E-state index in [2.05, 4.69) is 0 Å². The summed E-state index contributed by atoms with van der Waals surface area (Å²) in [5, 5.41) is 0. The summed E-state index contributed by atoms with van der Waals surface area (Å²) in [6, 6.07) is 4.91. The number of nitrogens with one attached hydrogen (secondary N) is 1. The van der Waals surface area contributed by atoms with Crippen LogP contribution in [-0.4, -0.2) is 8.76 Å². The Balaban J connectivity index is 2.41. The number of anilines is 1. The SMILES string of the molecule is O=S(O)Nc1cc(F)c(-c2ccc(C(F)(F)F)cc2)cc1F. The number of rotatable bonds is 3. The van der Waals surface area contributed by atoms with Crippen LogP contribution in [-0.2, 0) is 17.4 Å². The molecule has 0 spiro atoms. The highest BCUT2D eigenvalue weighted by Crippen LogP contribution is 2.32. The van der Waals surface area contributed by atoms with Crippen LogP contribution < -0.4 is 4.72 Å². The number of halogens is 5. The summed E-state index contributed by atoms with van der Waals surface area (Å²) in [7, 11) is 0. The molecule has 2 N–H and O–H groups in total. The Kier molecular flexibility index (Phi) is 4.47. The third-order valence-electron chi connectivity index (χ3n) is 2.78. The predicted octanol–water partition coefficient (Wildman–Crippen LogP) is 4.20. The molecule has 0 bridgehead atoms. The van der Waals surface area contributed by atoms with Crippen LogP contribution in [0.4, 0.5) is 27.6 Å². The van der Waals surface area contributed by atoms with Gasteiger partial charge < -0.3 is 0 Å². The molecular formula is C13H8F5NO2S. The number of benzene rings is 2. The summed E-state index contributed by atoms with van der Waals surface area (Å²) in [4.78, 5) is 0. The van der Waals surface area contributed by atoms with Crippen molar-refractivity contribution in [2.24, 2.45) is 0 Å². The van der Waals surface area contributed by atoms with Gasteiger partial charge in [-0.2, -0.15) is 13.2 Å². The van der Waals surface area contributed by atoms with Gasteiger partial charge in [-0.3, -0.25) is 9.27 Å². The van der Waals surface area contributed by atoms with Crippen molar-refractivity contribution in [2.75, 3.05) is 4.72 Å². The van der Waals surface area contributed by atoms with Crippen LogP contribution in [0.1, 0.15) is 5.56 Å². The molecule has 0 heterocycles. The summed E-state index contributed by atoms with van der Waals surface area (Å²) in [5.74, 6) is -1.96. The van der Waals surface area contributed by atoms with Crippen LogP contribution in [0.15, 0.2) is 36.4 Å². The van der Waals surface area contributed by atoms with Crippen molar-refractivity contribution < 1.29 is 30.7 Å². The van der Waals surface area contributed by atoms with Gasteiger partial charge in [-0.1, -0.05) is 12.1 Å². The third kappa shape index (κ3) is 3.60. The van der Waals surface area contributed by atoms with Gasteiger partial charge in [0.2, 0.25) is 0 Å². The largest absolute Gasteiger partial charge is 0.416 e. The van der Waals surface area contributed by atoms with E-state index in [0.717, 1.165) is 30.3 Å².